The van der Waals surface area contributed by atoms with Gasteiger partial charge >= 0.3 is 0 Å². The largest absolute Gasteiger partial charge is 0.423 e. The standard InChI is InChI=1S/C17H15Cl2N3O3S/c18-11-4-5-12(19)15(10-11)26(23,24)14-3-1-2-13-16(14)21-17(25-13)22-8-6-20-7-9-22/h1-5,10,20H,6-9H2. The number of rotatable bonds is 3. The minimum absolute atomic E-state index is 0.0456. The molecular weight excluding hydrogens is 397 g/mol. The van der Waals surface area contributed by atoms with E-state index in [0.29, 0.717) is 16.6 Å². The fraction of sp³-hybridized carbons (Fsp3) is 0.235. The van der Waals surface area contributed by atoms with E-state index >= 15 is 0 Å². The zero-order chi connectivity index (χ0) is 18.3. The van der Waals surface area contributed by atoms with Gasteiger partial charge in [0.05, 0.1) is 9.92 Å². The van der Waals surface area contributed by atoms with Crippen LogP contribution in [0.2, 0.25) is 10.0 Å². The van der Waals surface area contributed by atoms with E-state index in [9.17, 15) is 8.42 Å². The van der Waals surface area contributed by atoms with E-state index in [1.807, 2.05) is 4.90 Å². The van der Waals surface area contributed by atoms with Crippen LogP contribution in [0, 0.1) is 0 Å². The predicted octanol–water partition coefficient (Wildman–Crippen LogP) is 3.38. The van der Waals surface area contributed by atoms with Gasteiger partial charge in [0, 0.05) is 31.2 Å². The molecule has 1 aromatic heterocycles. The summed E-state index contributed by atoms with van der Waals surface area (Å²) in [5, 5.41) is 3.65. The lowest BCUT2D eigenvalue weighted by atomic mass is 10.3. The van der Waals surface area contributed by atoms with Crippen molar-refractivity contribution in [2.24, 2.45) is 0 Å². The first-order valence-electron chi connectivity index (χ1n) is 8.02. The highest BCUT2D eigenvalue weighted by atomic mass is 35.5. The summed E-state index contributed by atoms with van der Waals surface area (Å²) < 4.78 is 32.1. The van der Waals surface area contributed by atoms with E-state index in [1.54, 1.807) is 18.2 Å². The Morgan fingerprint density at radius 2 is 1.85 bits per heavy atom. The van der Waals surface area contributed by atoms with Crippen LogP contribution >= 0.6 is 23.2 Å². The molecule has 0 spiro atoms. The van der Waals surface area contributed by atoms with Gasteiger partial charge in [-0.1, -0.05) is 29.3 Å². The molecule has 6 nitrogen and oxygen atoms in total. The quantitative estimate of drug-likeness (QED) is 0.711. The van der Waals surface area contributed by atoms with Gasteiger partial charge in [-0.15, -0.1) is 0 Å². The molecule has 136 valence electrons. The second kappa shape index (κ2) is 6.74. The van der Waals surface area contributed by atoms with E-state index in [-0.39, 0.29) is 20.3 Å². The Morgan fingerprint density at radius 1 is 1.08 bits per heavy atom. The Kier molecular flexibility index (Phi) is 4.56. The van der Waals surface area contributed by atoms with E-state index in [4.69, 9.17) is 27.6 Å². The van der Waals surface area contributed by atoms with Gasteiger partial charge in [0.15, 0.2) is 5.58 Å². The van der Waals surface area contributed by atoms with E-state index in [1.165, 1.54) is 18.2 Å². The number of para-hydroxylation sites is 1. The molecule has 26 heavy (non-hydrogen) atoms. The maximum atomic E-state index is 13.2. The highest BCUT2D eigenvalue weighted by Crippen LogP contribution is 2.34. The molecule has 0 saturated carbocycles. The third-order valence-electron chi connectivity index (χ3n) is 4.23. The molecule has 1 saturated heterocycles. The van der Waals surface area contributed by atoms with Crippen LogP contribution in [0.3, 0.4) is 0 Å². The molecule has 2 heterocycles. The molecule has 0 atom stereocenters. The van der Waals surface area contributed by atoms with Crippen molar-refractivity contribution in [2.75, 3.05) is 31.1 Å². The van der Waals surface area contributed by atoms with Gasteiger partial charge in [-0.3, -0.25) is 0 Å². The van der Waals surface area contributed by atoms with Gasteiger partial charge in [-0.25, -0.2) is 8.42 Å². The maximum absolute atomic E-state index is 13.2. The van der Waals surface area contributed by atoms with Crippen molar-refractivity contribution in [1.82, 2.24) is 10.3 Å². The number of fused-ring (bicyclic) bond motifs is 1. The zero-order valence-electron chi connectivity index (χ0n) is 13.6. The van der Waals surface area contributed by atoms with Crippen LogP contribution in [0.5, 0.6) is 0 Å². The first-order valence-corrected chi connectivity index (χ1v) is 10.3. The first-order chi connectivity index (χ1) is 12.5. The van der Waals surface area contributed by atoms with E-state index < -0.39 is 9.84 Å². The Labute approximate surface area is 160 Å². The number of oxazole rings is 1. The lowest BCUT2D eigenvalue weighted by molar-refractivity contribution is 0.517. The Balaban J connectivity index is 1.85. The second-order valence-corrected chi connectivity index (χ2v) is 8.64. The van der Waals surface area contributed by atoms with Crippen molar-refractivity contribution in [3.8, 4) is 0 Å². The maximum Gasteiger partial charge on any atom is 0.298 e. The van der Waals surface area contributed by atoms with Crippen molar-refractivity contribution >= 4 is 50.2 Å². The molecule has 0 amide bonds. The van der Waals surface area contributed by atoms with Crippen LogP contribution in [0.15, 0.2) is 50.6 Å². The number of nitrogens with zero attached hydrogens (tertiary/aromatic N) is 2. The van der Waals surface area contributed by atoms with Crippen LogP contribution in [0.1, 0.15) is 0 Å². The Bertz CT molecular complexity index is 1080. The fourth-order valence-electron chi connectivity index (χ4n) is 2.92. The van der Waals surface area contributed by atoms with Crippen molar-refractivity contribution in [1.29, 1.82) is 0 Å². The van der Waals surface area contributed by atoms with E-state index in [0.717, 1.165) is 26.2 Å². The highest BCUT2D eigenvalue weighted by molar-refractivity contribution is 7.91. The number of benzene rings is 2. The molecule has 9 heteroatoms. The molecule has 1 N–H and O–H groups in total. The van der Waals surface area contributed by atoms with Crippen LogP contribution in [0.4, 0.5) is 6.01 Å². The summed E-state index contributed by atoms with van der Waals surface area (Å²) in [4.78, 5) is 6.44. The number of halogens is 2. The third kappa shape index (κ3) is 3.05. The number of piperazine rings is 1. The molecule has 1 aliphatic heterocycles. The third-order valence-corrected chi connectivity index (χ3v) is 6.73. The van der Waals surface area contributed by atoms with Crippen LogP contribution in [0.25, 0.3) is 11.1 Å². The number of hydrogen-bond donors (Lipinski definition) is 1. The van der Waals surface area contributed by atoms with Crippen molar-refractivity contribution in [3.63, 3.8) is 0 Å². The smallest absolute Gasteiger partial charge is 0.298 e. The van der Waals surface area contributed by atoms with Gasteiger partial charge in [0.1, 0.15) is 10.4 Å². The SMILES string of the molecule is O=S(=O)(c1cc(Cl)ccc1Cl)c1cccc2oc(N3CCNCC3)nc12. The molecule has 0 unspecified atom stereocenters. The normalized spacial score (nSPS) is 15.5. The summed E-state index contributed by atoms with van der Waals surface area (Å²) >= 11 is 12.1. The molecule has 0 bridgehead atoms. The second-order valence-electron chi connectivity index (χ2n) is 5.91. The lowest BCUT2D eigenvalue weighted by Crippen LogP contribution is -2.43. The predicted molar refractivity (Wildman–Crippen MR) is 101 cm³/mol. The first kappa shape index (κ1) is 17.6. The number of nitrogens with one attached hydrogen (secondary N) is 1. The van der Waals surface area contributed by atoms with Gasteiger partial charge in [-0.05, 0) is 30.3 Å². The number of aromatic nitrogens is 1. The molecule has 0 aliphatic carbocycles. The molecule has 2 aromatic carbocycles. The van der Waals surface area contributed by atoms with Crippen LogP contribution < -0.4 is 10.2 Å². The van der Waals surface area contributed by atoms with Crippen molar-refractivity contribution in [2.45, 2.75) is 9.79 Å². The summed E-state index contributed by atoms with van der Waals surface area (Å²) in [7, 11) is -3.91. The molecule has 3 aromatic rings. The van der Waals surface area contributed by atoms with Gasteiger partial charge in [0.25, 0.3) is 6.01 Å². The summed E-state index contributed by atoms with van der Waals surface area (Å²) in [5.41, 5.74) is 0.704. The Hall–Kier alpha value is -1.80. The molecule has 0 radical (unpaired) electrons. The average molecular weight is 412 g/mol. The monoisotopic (exact) mass is 411 g/mol. The number of anilines is 1. The summed E-state index contributed by atoms with van der Waals surface area (Å²) in [6.45, 7) is 3.13. The van der Waals surface area contributed by atoms with Crippen molar-refractivity contribution in [3.05, 3.63) is 46.4 Å². The van der Waals surface area contributed by atoms with E-state index in [2.05, 4.69) is 10.3 Å². The minimum Gasteiger partial charge on any atom is -0.423 e. The summed E-state index contributed by atoms with van der Waals surface area (Å²) in [6, 6.07) is 9.59. The molecule has 4 rings (SSSR count). The molecular formula is C17H15Cl2N3O3S. The Morgan fingerprint density at radius 3 is 2.62 bits per heavy atom. The molecule has 1 aliphatic rings. The topological polar surface area (TPSA) is 75.4 Å². The lowest BCUT2D eigenvalue weighted by Gasteiger charge is -2.25. The summed E-state index contributed by atoms with van der Waals surface area (Å²) in [6.07, 6.45) is 0. The average Bonchev–Trinajstić information content (AvgIpc) is 3.08. The van der Waals surface area contributed by atoms with Crippen molar-refractivity contribution < 1.29 is 12.8 Å². The fourth-order valence-corrected chi connectivity index (χ4v) is 5.08. The minimum atomic E-state index is -3.91. The van der Waals surface area contributed by atoms with Gasteiger partial charge in [0.2, 0.25) is 9.84 Å². The molecule has 1 fully saturated rings. The van der Waals surface area contributed by atoms with Crippen LogP contribution in [-0.2, 0) is 9.84 Å². The van der Waals surface area contributed by atoms with Gasteiger partial charge < -0.3 is 14.6 Å². The van der Waals surface area contributed by atoms with Crippen LogP contribution in [-0.4, -0.2) is 39.6 Å². The number of sulfone groups is 1. The zero-order valence-corrected chi connectivity index (χ0v) is 15.9. The highest BCUT2D eigenvalue weighted by Gasteiger charge is 2.27. The summed E-state index contributed by atoms with van der Waals surface area (Å²) in [5.74, 6) is 0. The van der Waals surface area contributed by atoms with Gasteiger partial charge in [-0.2, -0.15) is 4.98 Å². The number of hydrogen-bond acceptors (Lipinski definition) is 6.